The van der Waals surface area contributed by atoms with Crippen LogP contribution in [0.3, 0.4) is 0 Å². The third-order valence-corrected chi connectivity index (χ3v) is 10.5. The third-order valence-electron chi connectivity index (χ3n) is 6.04. The van der Waals surface area contributed by atoms with Crippen molar-refractivity contribution in [1.29, 1.82) is 0 Å². The molecule has 0 bridgehead atoms. The van der Waals surface area contributed by atoms with Crippen molar-refractivity contribution in [3.63, 3.8) is 0 Å². The molecular weight excluding hydrogens is 390 g/mol. The fourth-order valence-corrected chi connectivity index (χ4v) is 3.64. The second-order valence-corrected chi connectivity index (χ2v) is 15.3. The minimum absolute atomic E-state index is 0.0178. The van der Waals surface area contributed by atoms with Crippen LogP contribution in [-0.4, -0.2) is 66.9 Å². The van der Waals surface area contributed by atoms with Crippen molar-refractivity contribution in [3.8, 4) is 0 Å². The van der Waals surface area contributed by atoms with Crippen molar-refractivity contribution in [2.24, 2.45) is 16.8 Å². The number of carbonyl (C=O) groups is 1. The van der Waals surface area contributed by atoms with E-state index in [2.05, 4.69) is 39.0 Å². The molecule has 2 atom stereocenters. The molecule has 0 aromatic rings. The van der Waals surface area contributed by atoms with Crippen molar-refractivity contribution in [1.82, 2.24) is 4.90 Å². The van der Waals surface area contributed by atoms with E-state index in [1.807, 2.05) is 27.7 Å². The molecule has 0 rings (SSSR count). The Hall–Kier alpha value is -1.32. The Kier molecular flexibility index (Phi) is 9.66. The van der Waals surface area contributed by atoms with Crippen LogP contribution in [0.1, 0.15) is 61.3 Å². The molecule has 0 spiro atoms. The summed E-state index contributed by atoms with van der Waals surface area (Å²) in [4.78, 5) is 13.0. The molecule has 0 aliphatic heterocycles. The van der Waals surface area contributed by atoms with Gasteiger partial charge in [-0.05, 0) is 58.7 Å². The molecule has 9 heteroatoms. The predicted octanol–water partition coefficient (Wildman–Crippen LogP) is 4.33. The van der Waals surface area contributed by atoms with Gasteiger partial charge in [0, 0.05) is 25.1 Å². The number of rotatable bonds is 10. The van der Waals surface area contributed by atoms with Crippen LogP contribution in [-0.2, 0) is 9.16 Å². The number of ether oxygens (including phenoxy) is 1. The van der Waals surface area contributed by atoms with E-state index in [1.54, 1.807) is 7.11 Å². The van der Waals surface area contributed by atoms with Crippen LogP contribution < -0.4 is 5.73 Å². The van der Waals surface area contributed by atoms with E-state index in [1.165, 1.54) is 4.90 Å². The zero-order chi connectivity index (χ0) is 23.3. The lowest BCUT2D eigenvalue weighted by molar-refractivity contribution is -0.0425. The highest BCUT2D eigenvalue weighted by molar-refractivity contribution is 6.74. The van der Waals surface area contributed by atoms with E-state index in [4.69, 9.17) is 14.9 Å². The maximum absolute atomic E-state index is 11.7. The summed E-state index contributed by atoms with van der Waals surface area (Å²) >= 11 is 0. The number of methoxy groups -OCH3 is 1. The third kappa shape index (κ3) is 8.52. The molecule has 1 amide bonds. The Morgan fingerprint density at radius 1 is 1.17 bits per heavy atom. The molecule has 0 saturated carbocycles. The highest BCUT2D eigenvalue weighted by Gasteiger charge is 2.40. The average molecular weight is 434 g/mol. The van der Waals surface area contributed by atoms with E-state index in [9.17, 15) is 15.1 Å². The van der Waals surface area contributed by atoms with E-state index in [0.717, 1.165) is 0 Å². The SMILES string of the molecule is COC(C)(CCC(CN(C(=O)O)C(C)(C)C)C(N)=NO)CO[Si](C)(C)C(C)(C)C. The molecule has 0 aliphatic rings. The van der Waals surface area contributed by atoms with Gasteiger partial charge in [0.2, 0.25) is 0 Å². The van der Waals surface area contributed by atoms with Gasteiger partial charge in [0.1, 0.15) is 5.84 Å². The summed E-state index contributed by atoms with van der Waals surface area (Å²) in [5.41, 5.74) is 4.74. The Balaban J connectivity index is 5.33. The minimum Gasteiger partial charge on any atom is -0.465 e. The molecule has 0 aliphatic carbocycles. The first-order chi connectivity index (χ1) is 12.9. The maximum atomic E-state index is 11.7. The number of nitrogens with zero attached hydrogens (tertiary/aromatic N) is 2. The molecule has 29 heavy (non-hydrogen) atoms. The Labute approximate surface area is 177 Å². The highest BCUT2D eigenvalue weighted by Crippen LogP contribution is 2.37. The van der Waals surface area contributed by atoms with Crippen LogP contribution >= 0.6 is 0 Å². The summed E-state index contributed by atoms with van der Waals surface area (Å²) < 4.78 is 12.1. The lowest BCUT2D eigenvalue weighted by atomic mass is 9.91. The van der Waals surface area contributed by atoms with E-state index in [0.29, 0.717) is 19.4 Å². The van der Waals surface area contributed by atoms with Gasteiger partial charge in [0.25, 0.3) is 0 Å². The zero-order valence-corrected chi connectivity index (χ0v) is 21.0. The highest BCUT2D eigenvalue weighted by atomic mass is 28.4. The van der Waals surface area contributed by atoms with Gasteiger partial charge in [-0.1, -0.05) is 25.9 Å². The van der Waals surface area contributed by atoms with Gasteiger partial charge in [0.15, 0.2) is 8.32 Å². The van der Waals surface area contributed by atoms with Gasteiger partial charge >= 0.3 is 6.09 Å². The molecule has 4 N–H and O–H groups in total. The summed E-state index contributed by atoms with van der Waals surface area (Å²) in [6.45, 7) is 18.9. The topological polar surface area (TPSA) is 118 Å². The fraction of sp³-hybridized carbons (Fsp3) is 0.900. The predicted molar refractivity (Wildman–Crippen MR) is 119 cm³/mol. The molecule has 0 saturated heterocycles. The van der Waals surface area contributed by atoms with Crippen molar-refractivity contribution in [3.05, 3.63) is 0 Å². The summed E-state index contributed by atoms with van der Waals surface area (Å²) in [6, 6.07) is 0. The van der Waals surface area contributed by atoms with Crippen LogP contribution in [0, 0.1) is 5.92 Å². The van der Waals surface area contributed by atoms with Gasteiger partial charge < -0.3 is 30.1 Å². The maximum Gasteiger partial charge on any atom is 0.407 e. The number of hydrogen-bond donors (Lipinski definition) is 3. The van der Waals surface area contributed by atoms with Crippen LogP contribution in [0.5, 0.6) is 0 Å². The van der Waals surface area contributed by atoms with Gasteiger partial charge in [-0.25, -0.2) is 4.79 Å². The monoisotopic (exact) mass is 433 g/mol. The molecule has 0 fully saturated rings. The second kappa shape index (κ2) is 10.1. The first-order valence-electron chi connectivity index (χ1n) is 10.1. The smallest absolute Gasteiger partial charge is 0.407 e. The molecule has 0 radical (unpaired) electrons. The summed E-state index contributed by atoms with van der Waals surface area (Å²) in [6.07, 6.45) is 0.0430. The van der Waals surface area contributed by atoms with E-state index >= 15 is 0 Å². The van der Waals surface area contributed by atoms with Crippen molar-refractivity contribution in [2.75, 3.05) is 20.3 Å². The van der Waals surface area contributed by atoms with Gasteiger partial charge in [-0.3, -0.25) is 0 Å². The molecule has 0 aromatic carbocycles. The molecule has 2 unspecified atom stereocenters. The zero-order valence-electron chi connectivity index (χ0n) is 20.0. The minimum atomic E-state index is -1.94. The fourth-order valence-electron chi connectivity index (χ4n) is 2.54. The lowest BCUT2D eigenvalue weighted by Crippen LogP contribution is -2.50. The van der Waals surface area contributed by atoms with Gasteiger partial charge in [0.05, 0.1) is 12.2 Å². The van der Waals surface area contributed by atoms with Crippen molar-refractivity contribution >= 4 is 20.2 Å². The van der Waals surface area contributed by atoms with Crippen molar-refractivity contribution in [2.45, 2.75) is 90.6 Å². The number of nitrogens with two attached hydrogens (primary N) is 1. The molecule has 0 heterocycles. The van der Waals surface area contributed by atoms with Crippen LogP contribution in [0.25, 0.3) is 0 Å². The molecular formula is C20H43N3O5Si. The van der Waals surface area contributed by atoms with E-state index < -0.39 is 31.5 Å². The Morgan fingerprint density at radius 2 is 1.69 bits per heavy atom. The van der Waals surface area contributed by atoms with Gasteiger partial charge in [-0.15, -0.1) is 0 Å². The van der Waals surface area contributed by atoms with E-state index in [-0.39, 0.29) is 17.4 Å². The van der Waals surface area contributed by atoms with Crippen LogP contribution in [0.4, 0.5) is 4.79 Å². The lowest BCUT2D eigenvalue weighted by Gasteiger charge is -2.40. The molecule has 0 aromatic heterocycles. The standard InChI is InChI=1S/C20H43N3O5Si/c1-18(2,3)23(17(24)25)13-15(16(21)22-26)11-12-20(7,27-8)14-28-29(9,10)19(4,5)6/h15,26H,11-14H2,1-10H3,(H2,21,22)(H,24,25). The average Bonchev–Trinajstić information content (AvgIpc) is 2.57. The Bertz CT molecular complexity index is 569. The number of amidine groups is 1. The summed E-state index contributed by atoms with van der Waals surface area (Å²) in [5, 5.41) is 22.0. The summed E-state index contributed by atoms with van der Waals surface area (Å²) in [7, 11) is -0.291. The van der Waals surface area contributed by atoms with Crippen LogP contribution in [0.2, 0.25) is 18.1 Å². The number of amides is 1. The number of carboxylic acid groups (broad SMARTS) is 1. The quantitative estimate of drug-likeness (QED) is 0.155. The van der Waals surface area contributed by atoms with Crippen LogP contribution in [0.15, 0.2) is 5.16 Å². The molecule has 172 valence electrons. The first-order valence-corrected chi connectivity index (χ1v) is 13.0. The second-order valence-electron chi connectivity index (χ2n) is 10.5. The Morgan fingerprint density at radius 3 is 2.03 bits per heavy atom. The van der Waals surface area contributed by atoms with Gasteiger partial charge in [-0.2, -0.15) is 0 Å². The molecule has 8 nitrogen and oxygen atoms in total. The first kappa shape index (κ1) is 27.7. The van der Waals surface area contributed by atoms with Crippen molar-refractivity contribution < 1.29 is 24.3 Å². The largest absolute Gasteiger partial charge is 0.465 e. The summed E-state index contributed by atoms with van der Waals surface area (Å²) in [5.74, 6) is -0.415. The number of hydrogen-bond acceptors (Lipinski definition) is 5. The number of oxime groups is 1. The normalized spacial score (nSPS) is 17.0.